The van der Waals surface area contributed by atoms with Crippen LogP contribution in [0.1, 0.15) is 28.8 Å². The van der Waals surface area contributed by atoms with Gasteiger partial charge in [0.25, 0.3) is 11.8 Å². The minimum atomic E-state index is -4.44. The molecule has 3 amide bonds. The summed E-state index contributed by atoms with van der Waals surface area (Å²) in [7, 11) is 1.61. The molecule has 1 unspecified atom stereocenters. The highest BCUT2D eigenvalue weighted by atomic mass is 19.4. The topological polar surface area (TPSA) is 90.5 Å². The zero-order valence-electron chi connectivity index (χ0n) is 16.6. The van der Waals surface area contributed by atoms with E-state index in [-0.39, 0.29) is 11.5 Å². The quantitative estimate of drug-likeness (QED) is 0.510. The molecule has 1 aliphatic heterocycles. The standard InChI is InChI=1S/C21H21F3N4O3/c1-28-12-4-6-16(20(28)31)19(30)27-26-18(29)15-5-2-3-7-17(15)25-14-10-8-13(9-11-14)21(22,23)24/h2-3,5,7-11,16,25H,4,6,12H2,1H3,(H,26,29)(H,27,30). The maximum Gasteiger partial charge on any atom is 0.416 e. The number of likely N-dealkylation sites (tertiary alicyclic amines) is 1. The summed E-state index contributed by atoms with van der Waals surface area (Å²) in [4.78, 5) is 38.4. The van der Waals surface area contributed by atoms with E-state index < -0.39 is 29.5 Å². The van der Waals surface area contributed by atoms with Crippen LogP contribution in [-0.2, 0) is 15.8 Å². The highest BCUT2D eigenvalue weighted by molar-refractivity contribution is 6.04. The summed E-state index contributed by atoms with van der Waals surface area (Å²) in [6.07, 6.45) is -3.35. The highest BCUT2D eigenvalue weighted by Crippen LogP contribution is 2.30. The number of carbonyl (C=O) groups is 3. The smallest absolute Gasteiger partial charge is 0.355 e. The molecule has 3 N–H and O–H groups in total. The highest BCUT2D eigenvalue weighted by Gasteiger charge is 2.32. The fourth-order valence-corrected chi connectivity index (χ4v) is 3.24. The van der Waals surface area contributed by atoms with Gasteiger partial charge < -0.3 is 10.2 Å². The maximum absolute atomic E-state index is 12.7. The van der Waals surface area contributed by atoms with Crippen LogP contribution in [0.25, 0.3) is 0 Å². The molecule has 2 aromatic carbocycles. The molecule has 3 rings (SSSR count). The zero-order valence-corrected chi connectivity index (χ0v) is 16.6. The Bertz CT molecular complexity index is 977. The number of nitrogens with one attached hydrogen (secondary N) is 3. The molecule has 1 heterocycles. The Hall–Kier alpha value is -3.56. The molecule has 0 bridgehead atoms. The first kappa shape index (κ1) is 22.1. The number of hydrazine groups is 1. The van der Waals surface area contributed by atoms with Gasteiger partial charge in [-0.25, -0.2) is 0 Å². The van der Waals surface area contributed by atoms with Crippen molar-refractivity contribution < 1.29 is 27.6 Å². The van der Waals surface area contributed by atoms with Crippen LogP contribution in [0.3, 0.4) is 0 Å². The number of benzene rings is 2. The third-order valence-electron chi connectivity index (χ3n) is 4.94. The summed E-state index contributed by atoms with van der Waals surface area (Å²) in [5.74, 6) is -2.40. The second-order valence-corrected chi connectivity index (χ2v) is 7.14. The van der Waals surface area contributed by atoms with Crippen LogP contribution in [0.5, 0.6) is 0 Å². The first-order chi connectivity index (χ1) is 14.7. The van der Waals surface area contributed by atoms with Gasteiger partial charge in [-0.2, -0.15) is 13.2 Å². The Kier molecular flexibility index (Phi) is 6.47. The summed E-state index contributed by atoms with van der Waals surface area (Å²) in [5.41, 5.74) is 4.64. The van der Waals surface area contributed by atoms with Crippen LogP contribution in [0.4, 0.5) is 24.5 Å². The molecular weight excluding hydrogens is 413 g/mol. The third kappa shape index (κ3) is 5.33. The fraction of sp³-hybridized carbons (Fsp3) is 0.286. The second-order valence-electron chi connectivity index (χ2n) is 7.14. The number of amides is 3. The average Bonchev–Trinajstić information content (AvgIpc) is 2.74. The summed E-state index contributed by atoms with van der Waals surface area (Å²) in [6, 6.07) is 10.7. The van der Waals surface area contributed by atoms with Crippen LogP contribution in [-0.4, -0.2) is 36.2 Å². The second kappa shape index (κ2) is 9.07. The van der Waals surface area contributed by atoms with Gasteiger partial charge in [-0.1, -0.05) is 12.1 Å². The number of hydrogen-bond donors (Lipinski definition) is 3. The Morgan fingerprint density at radius 1 is 1.03 bits per heavy atom. The lowest BCUT2D eigenvalue weighted by molar-refractivity contribution is -0.144. The Balaban J connectivity index is 1.66. The lowest BCUT2D eigenvalue weighted by Gasteiger charge is -2.28. The van der Waals surface area contributed by atoms with Crippen molar-refractivity contribution in [2.45, 2.75) is 19.0 Å². The zero-order chi connectivity index (χ0) is 22.6. The van der Waals surface area contributed by atoms with Crippen molar-refractivity contribution in [1.82, 2.24) is 15.8 Å². The van der Waals surface area contributed by atoms with E-state index in [0.717, 1.165) is 12.1 Å². The molecule has 0 saturated carbocycles. The van der Waals surface area contributed by atoms with E-state index in [1.807, 2.05) is 0 Å². The summed E-state index contributed by atoms with van der Waals surface area (Å²) >= 11 is 0. The van der Waals surface area contributed by atoms with E-state index >= 15 is 0 Å². The van der Waals surface area contributed by atoms with E-state index in [2.05, 4.69) is 16.2 Å². The molecule has 7 nitrogen and oxygen atoms in total. The van der Waals surface area contributed by atoms with Crippen molar-refractivity contribution in [3.63, 3.8) is 0 Å². The summed E-state index contributed by atoms with van der Waals surface area (Å²) in [6.45, 7) is 0.581. The van der Waals surface area contributed by atoms with E-state index in [0.29, 0.717) is 30.8 Å². The van der Waals surface area contributed by atoms with Crippen LogP contribution >= 0.6 is 0 Å². The first-order valence-electron chi connectivity index (χ1n) is 9.55. The lowest BCUT2D eigenvalue weighted by Crippen LogP contribution is -2.50. The van der Waals surface area contributed by atoms with Gasteiger partial charge in [-0.15, -0.1) is 0 Å². The molecule has 0 spiro atoms. The van der Waals surface area contributed by atoms with Crippen LogP contribution in [0.2, 0.25) is 0 Å². The molecular formula is C21H21F3N4O3. The van der Waals surface area contributed by atoms with E-state index in [4.69, 9.17) is 0 Å². The number of alkyl halides is 3. The molecule has 10 heteroatoms. The van der Waals surface area contributed by atoms with Crippen LogP contribution in [0.15, 0.2) is 48.5 Å². The Morgan fingerprint density at radius 3 is 2.39 bits per heavy atom. The Labute approximate surface area is 176 Å². The van der Waals surface area contributed by atoms with Gasteiger partial charge in [0.2, 0.25) is 5.91 Å². The number of piperidine rings is 1. The molecule has 164 valence electrons. The minimum Gasteiger partial charge on any atom is -0.355 e. The number of anilines is 2. The van der Waals surface area contributed by atoms with Crippen molar-refractivity contribution in [2.24, 2.45) is 5.92 Å². The molecule has 0 aliphatic carbocycles. The largest absolute Gasteiger partial charge is 0.416 e. The average molecular weight is 434 g/mol. The molecule has 31 heavy (non-hydrogen) atoms. The molecule has 0 aromatic heterocycles. The molecule has 2 aromatic rings. The molecule has 1 saturated heterocycles. The number of carbonyl (C=O) groups excluding carboxylic acids is 3. The first-order valence-corrected chi connectivity index (χ1v) is 9.55. The van der Waals surface area contributed by atoms with Crippen molar-refractivity contribution >= 4 is 29.1 Å². The lowest BCUT2D eigenvalue weighted by atomic mass is 9.97. The van der Waals surface area contributed by atoms with E-state index in [9.17, 15) is 27.6 Å². The summed E-state index contributed by atoms with van der Waals surface area (Å²) < 4.78 is 38.1. The molecule has 1 fully saturated rings. The molecule has 1 aliphatic rings. The van der Waals surface area contributed by atoms with Gasteiger partial charge in [-0.05, 0) is 49.2 Å². The monoisotopic (exact) mass is 434 g/mol. The number of para-hydroxylation sites is 1. The molecule has 1 atom stereocenters. The number of nitrogens with zero attached hydrogens (tertiary/aromatic N) is 1. The van der Waals surface area contributed by atoms with Gasteiger partial charge in [0.15, 0.2) is 0 Å². The van der Waals surface area contributed by atoms with Gasteiger partial charge in [-0.3, -0.25) is 25.2 Å². The van der Waals surface area contributed by atoms with Gasteiger partial charge in [0.05, 0.1) is 16.8 Å². The van der Waals surface area contributed by atoms with Gasteiger partial charge in [0.1, 0.15) is 5.92 Å². The van der Waals surface area contributed by atoms with Crippen LogP contribution in [0, 0.1) is 5.92 Å². The van der Waals surface area contributed by atoms with Gasteiger partial charge >= 0.3 is 6.18 Å². The SMILES string of the molecule is CN1CCCC(C(=O)NNC(=O)c2ccccc2Nc2ccc(C(F)(F)F)cc2)C1=O. The molecule has 0 radical (unpaired) electrons. The Morgan fingerprint density at radius 2 is 1.71 bits per heavy atom. The van der Waals surface area contributed by atoms with Crippen molar-refractivity contribution in [3.05, 3.63) is 59.7 Å². The van der Waals surface area contributed by atoms with E-state index in [1.165, 1.54) is 23.1 Å². The van der Waals surface area contributed by atoms with Crippen LogP contribution < -0.4 is 16.2 Å². The fourth-order valence-electron chi connectivity index (χ4n) is 3.24. The van der Waals surface area contributed by atoms with Crippen molar-refractivity contribution in [3.8, 4) is 0 Å². The minimum absolute atomic E-state index is 0.162. The van der Waals surface area contributed by atoms with E-state index in [1.54, 1.807) is 25.2 Å². The maximum atomic E-state index is 12.7. The third-order valence-corrected chi connectivity index (χ3v) is 4.94. The van der Waals surface area contributed by atoms with Crippen molar-refractivity contribution in [2.75, 3.05) is 18.9 Å². The predicted molar refractivity (Wildman–Crippen MR) is 107 cm³/mol. The van der Waals surface area contributed by atoms with Crippen molar-refractivity contribution in [1.29, 1.82) is 0 Å². The van der Waals surface area contributed by atoms with Gasteiger partial charge in [0, 0.05) is 19.3 Å². The normalized spacial score (nSPS) is 16.6. The number of rotatable bonds is 4. The predicted octanol–water partition coefficient (Wildman–Crippen LogP) is 3.08. The number of halogens is 3. The summed E-state index contributed by atoms with van der Waals surface area (Å²) in [5, 5.41) is 2.89. The number of hydrogen-bond acceptors (Lipinski definition) is 4.